The smallest absolute Gasteiger partial charge is 0.120 e. The number of hydrogen-bond donors (Lipinski definition) is 3. The van der Waals surface area contributed by atoms with E-state index in [1.165, 1.54) is 16.5 Å². The Hall–Kier alpha value is -2.85. The monoisotopic (exact) mass is 334 g/mol. The number of aryl methyl sites for hydroxylation is 1. The Morgan fingerprint density at radius 1 is 0.960 bits per heavy atom. The van der Waals surface area contributed by atoms with Crippen molar-refractivity contribution in [3.63, 3.8) is 0 Å². The lowest BCUT2D eigenvalue weighted by atomic mass is 10.2. The maximum absolute atomic E-state index is 5.45. The van der Waals surface area contributed by atoms with E-state index < -0.39 is 0 Å². The molecule has 0 amide bonds. The molecule has 4 aromatic rings. The Kier molecular flexibility index (Phi) is 6.99. The van der Waals surface area contributed by atoms with Crippen LogP contribution < -0.4 is 5.73 Å². The van der Waals surface area contributed by atoms with Gasteiger partial charge in [0.2, 0.25) is 0 Å². The maximum atomic E-state index is 5.45. The van der Waals surface area contributed by atoms with Gasteiger partial charge in [0.25, 0.3) is 0 Å². The van der Waals surface area contributed by atoms with Crippen LogP contribution in [0.4, 0.5) is 0 Å². The first-order valence-corrected chi connectivity index (χ1v) is 8.60. The average molecular weight is 334 g/mol. The van der Waals surface area contributed by atoms with Crippen molar-refractivity contribution in [3.05, 3.63) is 78.4 Å². The first-order chi connectivity index (χ1) is 12.3. The number of imidazole rings is 1. The summed E-state index contributed by atoms with van der Waals surface area (Å²) in [6.07, 6.45) is 3.84. The zero-order valence-electron chi connectivity index (χ0n) is 15.1. The van der Waals surface area contributed by atoms with Crippen molar-refractivity contribution in [2.75, 3.05) is 0 Å². The topological polar surface area (TPSA) is 70.5 Å². The minimum Gasteiger partial charge on any atom is -0.361 e. The molecule has 2 aromatic heterocycles. The zero-order chi connectivity index (χ0) is 18.1. The molecule has 0 spiro atoms. The second-order valence-corrected chi connectivity index (χ2v) is 5.33. The first-order valence-electron chi connectivity index (χ1n) is 8.60. The van der Waals surface area contributed by atoms with Gasteiger partial charge in [0, 0.05) is 17.1 Å². The summed E-state index contributed by atoms with van der Waals surface area (Å²) in [5.74, 6) is 0.818. The molecule has 0 aliphatic rings. The molecule has 0 unspecified atom stereocenters. The van der Waals surface area contributed by atoms with E-state index in [0.29, 0.717) is 6.54 Å². The summed E-state index contributed by atoms with van der Waals surface area (Å²) in [6, 6.07) is 18.4. The van der Waals surface area contributed by atoms with Crippen molar-refractivity contribution in [2.45, 2.75) is 27.3 Å². The first kappa shape index (κ1) is 18.5. The van der Waals surface area contributed by atoms with E-state index in [0.717, 1.165) is 17.1 Å². The Bertz CT molecular complexity index is 875. The normalized spacial score (nSPS) is 9.76. The lowest BCUT2D eigenvalue weighted by Gasteiger charge is -1.94. The molecule has 4 rings (SSSR count). The highest BCUT2D eigenvalue weighted by atomic mass is 14.9. The lowest BCUT2D eigenvalue weighted by Crippen LogP contribution is -1.97. The average Bonchev–Trinajstić information content (AvgIpc) is 3.32. The minimum absolute atomic E-state index is 0.451. The van der Waals surface area contributed by atoms with Gasteiger partial charge in [0.15, 0.2) is 0 Å². The molecule has 0 atom stereocenters. The predicted molar refractivity (Wildman–Crippen MR) is 106 cm³/mol. The number of nitrogens with one attached hydrogen (secondary N) is 2. The summed E-state index contributed by atoms with van der Waals surface area (Å²) >= 11 is 0. The van der Waals surface area contributed by atoms with E-state index in [-0.39, 0.29) is 0 Å². The van der Waals surface area contributed by atoms with Crippen LogP contribution in [0, 0.1) is 6.92 Å². The van der Waals surface area contributed by atoms with Gasteiger partial charge < -0.3 is 15.7 Å². The Balaban J connectivity index is 0.000000168. The van der Waals surface area contributed by atoms with Crippen LogP contribution in [0.2, 0.25) is 0 Å². The Labute approximate surface area is 149 Å². The summed E-state index contributed by atoms with van der Waals surface area (Å²) in [7, 11) is 0. The second-order valence-electron chi connectivity index (χ2n) is 5.33. The van der Waals surface area contributed by atoms with Gasteiger partial charge in [0.05, 0.1) is 18.4 Å². The van der Waals surface area contributed by atoms with E-state index in [1.807, 2.05) is 56.4 Å². The van der Waals surface area contributed by atoms with E-state index in [2.05, 4.69) is 40.1 Å². The van der Waals surface area contributed by atoms with Crippen molar-refractivity contribution in [1.29, 1.82) is 0 Å². The molecule has 25 heavy (non-hydrogen) atoms. The van der Waals surface area contributed by atoms with E-state index in [4.69, 9.17) is 5.73 Å². The highest BCUT2D eigenvalue weighted by Gasteiger charge is 1.99. The SMILES string of the molecule is CC.Cc1c[nH]c2ccccc12.NCc1ncc(-c2ccccc2)[nH]1. The van der Waals surface area contributed by atoms with Crippen LogP contribution >= 0.6 is 0 Å². The molecular formula is C21H26N4. The van der Waals surface area contributed by atoms with Crippen LogP contribution in [0.25, 0.3) is 22.2 Å². The number of rotatable bonds is 2. The third-order valence-corrected chi connectivity index (χ3v) is 3.70. The number of aromatic nitrogens is 3. The fraction of sp³-hybridized carbons (Fsp3) is 0.190. The van der Waals surface area contributed by atoms with E-state index in [1.54, 1.807) is 6.20 Å². The fourth-order valence-electron chi connectivity index (χ4n) is 2.45. The molecule has 0 aliphatic heterocycles. The highest BCUT2D eigenvalue weighted by molar-refractivity contribution is 5.82. The lowest BCUT2D eigenvalue weighted by molar-refractivity contribution is 0.950. The molecule has 0 aliphatic carbocycles. The van der Waals surface area contributed by atoms with Crippen molar-refractivity contribution in [1.82, 2.24) is 15.0 Å². The van der Waals surface area contributed by atoms with Crippen LogP contribution in [-0.2, 0) is 6.54 Å². The summed E-state index contributed by atoms with van der Waals surface area (Å²) in [5.41, 5.74) is 10.1. The third kappa shape index (κ3) is 4.81. The van der Waals surface area contributed by atoms with Gasteiger partial charge in [-0.3, -0.25) is 0 Å². The quantitative estimate of drug-likeness (QED) is 0.481. The summed E-state index contributed by atoms with van der Waals surface area (Å²) < 4.78 is 0. The largest absolute Gasteiger partial charge is 0.361 e. The van der Waals surface area contributed by atoms with Crippen LogP contribution in [0.1, 0.15) is 25.2 Å². The van der Waals surface area contributed by atoms with Gasteiger partial charge in [-0.2, -0.15) is 0 Å². The molecule has 4 N–H and O–H groups in total. The number of benzene rings is 2. The molecular weight excluding hydrogens is 308 g/mol. The molecule has 2 heterocycles. The molecule has 4 nitrogen and oxygen atoms in total. The van der Waals surface area contributed by atoms with Crippen LogP contribution in [0.3, 0.4) is 0 Å². The number of hydrogen-bond acceptors (Lipinski definition) is 2. The third-order valence-electron chi connectivity index (χ3n) is 3.70. The van der Waals surface area contributed by atoms with Crippen LogP contribution in [0.15, 0.2) is 67.0 Å². The fourth-order valence-corrected chi connectivity index (χ4v) is 2.45. The van der Waals surface area contributed by atoms with Crippen molar-refractivity contribution in [2.24, 2.45) is 5.73 Å². The molecule has 0 bridgehead atoms. The predicted octanol–water partition coefficient (Wildman–Crippen LogP) is 5.04. The zero-order valence-corrected chi connectivity index (χ0v) is 15.1. The summed E-state index contributed by atoms with van der Waals surface area (Å²) in [5, 5.41) is 1.32. The van der Waals surface area contributed by atoms with Gasteiger partial charge >= 0.3 is 0 Å². The minimum atomic E-state index is 0.451. The Morgan fingerprint density at radius 3 is 2.28 bits per heavy atom. The van der Waals surface area contributed by atoms with E-state index >= 15 is 0 Å². The summed E-state index contributed by atoms with van der Waals surface area (Å²) in [4.78, 5) is 10.5. The number of fused-ring (bicyclic) bond motifs is 1. The van der Waals surface area contributed by atoms with Gasteiger partial charge in [0.1, 0.15) is 5.82 Å². The number of nitrogens with zero attached hydrogens (tertiary/aromatic N) is 1. The summed E-state index contributed by atoms with van der Waals surface area (Å²) in [6.45, 7) is 6.56. The van der Waals surface area contributed by atoms with Gasteiger partial charge in [-0.15, -0.1) is 0 Å². The number of H-pyrrole nitrogens is 2. The molecule has 0 fully saturated rings. The number of para-hydroxylation sites is 1. The molecule has 4 heteroatoms. The molecule has 2 aromatic carbocycles. The van der Waals surface area contributed by atoms with Crippen molar-refractivity contribution >= 4 is 10.9 Å². The van der Waals surface area contributed by atoms with E-state index in [9.17, 15) is 0 Å². The Morgan fingerprint density at radius 2 is 1.64 bits per heavy atom. The van der Waals surface area contributed by atoms with Gasteiger partial charge in [-0.05, 0) is 24.1 Å². The van der Waals surface area contributed by atoms with Crippen LogP contribution in [0.5, 0.6) is 0 Å². The molecule has 0 saturated heterocycles. The second kappa shape index (κ2) is 9.45. The molecule has 0 saturated carbocycles. The standard InChI is InChI=1S/C10H11N3.C9H9N.C2H6/c11-6-10-12-7-9(13-10)8-4-2-1-3-5-8;1-7-6-10-9-5-3-2-4-8(7)9;1-2/h1-5,7H,6,11H2,(H,12,13);2-6,10H,1H3;1-2H3. The molecule has 130 valence electrons. The van der Waals surface area contributed by atoms with Crippen molar-refractivity contribution in [3.8, 4) is 11.3 Å². The van der Waals surface area contributed by atoms with Crippen LogP contribution in [-0.4, -0.2) is 15.0 Å². The van der Waals surface area contributed by atoms with Crippen molar-refractivity contribution < 1.29 is 0 Å². The van der Waals surface area contributed by atoms with Gasteiger partial charge in [-0.1, -0.05) is 62.4 Å². The number of aromatic amines is 2. The maximum Gasteiger partial charge on any atom is 0.120 e. The number of nitrogens with two attached hydrogens (primary N) is 1. The molecule has 0 radical (unpaired) electrons. The highest BCUT2D eigenvalue weighted by Crippen LogP contribution is 2.16. The van der Waals surface area contributed by atoms with Gasteiger partial charge in [-0.25, -0.2) is 4.98 Å².